The molecule has 2 unspecified atom stereocenters. The monoisotopic (exact) mass is 271 g/mol. The standard InChI is InChI=1S/C15H29NO3/c1-6-11(7-2)12-10-16(9-8-13(12)17)14(18)19-15(3,4)5/h11-13,17H,6-10H2,1-5H3. The maximum atomic E-state index is 12.1. The summed E-state index contributed by atoms with van der Waals surface area (Å²) in [7, 11) is 0. The van der Waals surface area contributed by atoms with Crippen LogP contribution in [0.4, 0.5) is 4.79 Å². The van der Waals surface area contributed by atoms with Crippen LogP contribution >= 0.6 is 0 Å². The fourth-order valence-electron chi connectivity index (χ4n) is 2.82. The molecule has 1 amide bonds. The molecule has 0 radical (unpaired) electrons. The second kappa shape index (κ2) is 6.60. The Kier molecular flexibility index (Phi) is 5.65. The Morgan fingerprint density at radius 2 is 1.95 bits per heavy atom. The van der Waals surface area contributed by atoms with Crippen LogP contribution in [0.25, 0.3) is 0 Å². The van der Waals surface area contributed by atoms with Gasteiger partial charge in [-0.15, -0.1) is 0 Å². The number of carbonyl (C=O) groups is 1. The Hall–Kier alpha value is -0.770. The van der Waals surface area contributed by atoms with Crippen LogP contribution in [0.2, 0.25) is 0 Å². The normalized spacial score (nSPS) is 24.7. The van der Waals surface area contributed by atoms with Crippen molar-refractivity contribution >= 4 is 6.09 Å². The Bertz CT molecular complexity index is 294. The molecule has 1 aliphatic rings. The summed E-state index contributed by atoms with van der Waals surface area (Å²) in [5, 5.41) is 10.2. The summed E-state index contributed by atoms with van der Waals surface area (Å²) in [6.45, 7) is 11.1. The van der Waals surface area contributed by atoms with Crippen molar-refractivity contribution < 1.29 is 14.6 Å². The molecule has 0 aromatic rings. The smallest absolute Gasteiger partial charge is 0.410 e. The maximum Gasteiger partial charge on any atom is 0.410 e. The number of likely N-dealkylation sites (tertiary alicyclic amines) is 1. The van der Waals surface area contributed by atoms with Gasteiger partial charge in [0.2, 0.25) is 0 Å². The second-order valence-corrected chi connectivity index (χ2v) is 6.52. The average Bonchev–Trinajstić information content (AvgIpc) is 2.30. The molecule has 1 rings (SSSR count). The lowest BCUT2D eigenvalue weighted by Crippen LogP contribution is -2.49. The van der Waals surface area contributed by atoms with Crippen LogP contribution in [0.5, 0.6) is 0 Å². The van der Waals surface area contributed by atoms with E-state index in [-0.39, 0.29) is 18.1 Å². The first-order chi connectivity index (χ1) is 8.78. The molecule has 0 aliphatic carbocycles. The van der Waals surface area contributed by atoms with E-state index in [0.29, 0.717) is 25.4 Å². The molecule has 1 heterocycles. The summed E-state index contributed by atoms with van der Waals surface area (Å²) in [6.07, 6.45) is 2.19. The molecular weight excluding hydrogens is 242 g/mol. The van der Waals surface area contributed by atoms with Gasteiger partial charge in [0.25, 0.3) is 0 Å². The van der Waals surface area contributed by atoms with Gasteiger partial charge < -0.3 is 14.7 Å². The molecule has 1 aliphatic heterocycles. The Morgan fingerprint density at radius 1 is 1.37 bits per heavy atom. The second-order valence-electron chi connectivity index (χ2n) is 6.52. The zero-order chi connectivity index (χ0) is 14.6. The molecule has 4 heteroatoms. The van der Waals surface area contributed by atoms with Crippen LogP contribution in [-0.4, -0.2) is 40.9 Å². The van der Waals surface area contributed by atoms with E-state index in [4.69, 9.17) is 4.74 Å². The highest BCUT2D eigenvalue weighted by Crippen LogP contribution is 2.29. The third-order valence-corrected chi connectivity index (χ3v) is 3.93. The summed E-state index contributed by atoms with van der Waals surface area (Å²) >= 11 is 0. The van der Waals surface area contributed by atoms with Crippen molar-refractivity contribution in [1.29, 1.82) is 0 Å². The third-order valence-electron chi connectivity index (χ3n) is 3.93. The van der Waals surface area contributed by atoms with Crippen molar-refractivity contribution in [2.45, 2.75) is 65.6 Å². The molecule has 112 valence electrons. The summed E-state index contributed by atoms with van der Waals surface area (Å²) in [5.74, 6) is 0.650. The summed E-state index contributed by atoms with van der Waals surface area (Å²) in [4.78, 5) is 13.8. The third kappa shape index (κ3) is 4.68. The van der Waals surface area contributed by atoms with E-state index < -0.39 is 5.60 Å². The average molecular weight is 271 g/mol. The first kappa shape index (κ1) is 16.3. The fraction of sp³-hybridized carbons (Fsp3) is 0.933. The molecule has 1 fully saturated rings. The van der Waals surface area contributed by atoms with E-state index in [2.05, 4.69) is 13.8 Å². The Labute approximate surface area is 117 Å². The molecule has 1 saturated heterocycles. The molecule has 0 bridgehead atoms. The molecule has 19 heavy (non-hydrogen) atoms. The molecule has 0 aromatic heterocycles. The SMILES string of the molecule is CCC(CC)C1CN(C(=O)OC(C)(C)C)CCC1O. The van der Waals surface area contributed by atoms with Gasteiger partial charge in [-0.1, -0.05) is 26.7 Å². The molecule has 1 N–H and O–H groups in total. The van der Waals surface area contributed by atoms with Crippen LogP contribution in [0.1, 0.15) is 53.9 Å². The lowest BCUT2D eigenvalue weighted by molar-refractivity contribution is -0.0232. The van der Waals surface area contributed by atoms with Gasteiger partial charge in [-0.2, -0.15) is 0 Å². The Balaban J connectivity index is 2.66. The van der Waals surface area contributed by atoms with E-state index in [1.54, 1.807) is 4.90 Å². The lowest BCUT2D eigenvalue weighted by Gasteiger charge is -2.40. The van der Waals surface area contributed by atoms with Crippen LogP contribution in [0.3, 0.4) is 0 Å². The fourth-order valence-corrected chi connectivity index (χ4v) is 2.82. The van der Waals surface area contributed by atoms with Crippen molar-refractivity contribution in [3.05, 3.63) is 0 Å². The predicted octanol–water partition coefficient (Wildman–Crippen LogP) is 3.04. The molecule has 0 saturated carbocycles. The predicted molar refractivity (Wildman–Crippen MR) is 76.0 cm³/mol. The maximum absolute atomic E-state index is 12.1. The van der Waals surface area contributed by atoms with E-state index >= 15 is 0 Å². The number of amides is 1. The molecule has 0 spiro atoms. The van der Waals surface area contributed by atoms with Crippen LogP contribution in [0.15, 0.2) is 0 Å². The van der Waals surface area contributed by atoms with E-state index in [1.807, 2.05) is 20.8 Å². The largest absolute Gasteiger partial charge is 0.444 e. The number of nitrogens with zero attached hydrogens (tertiary/aromatic N) is 1. The van der Waals surface area contributed by atoms with Crippen molar-refractivity contribution in [2.75, 3.05) is 13.1 Å². The van der Waals surface area contributed by atoms with Gasteiger partial charge in [-0.3, -0.25) is 0 Å². The van der Waals surface area contributed by atoms with Crippen molar-refractivity contribution in [3.8, 4) is 0 Å². The molecule has 2 atom stereocenters. The van der Waals surface area contributed by atoms with Crippen LogP contribution < -0.4 is 0 Å². The molecule has 4 nitrogen and oxygen atoms in total. The number of carbonyl (C=O) groups excluding carboxylic acids is 1. The van der Waals surface area contributed by atoms with Gasteiger partial charge in [0, 0.05) is 19.0 Å². The van der Waals surface area contributed by atoms with Crippen molar-refractivity contribution in [1.82, 2.24) is 4.90 Å². The minimum absolute atomic E-state index is 0.177. The zero-order valence-corrected chi connectivity index (χ0v) is 13.0. The van der Waals surface area contributed by atoms with E-state index in [1.165, 1.54) is 0 Å². The van der Waals surface area contributed by atoms with E-state index in [9.17, 15) is 9.90 Å². The summed E-state index contributed by atoms with van der Waals surface area (Å²) in [5.41, 5.74) is -0.461. The number of rotatable bonds is 3. The lowest BCUT2D eigenvalue weighted by atomic mass is 9.80. The minimum Gasteiger partial charge on any atom is -0.444 e. The summed E-state index contributed by atoms with van der Waals surface area (Å²) in [6, 6.07) is 0. The number of hydrogen-bond acceptors (Lipinski definition) is 3. The van der Waals surface area contributed by atoms with E-state index in [0.717, 1.165) is 12.8 Å². The summed E-state index contributed by atoms with van der Waals surface area (Å²) < 4.78 is 5.41. The topological polar surface area (TPSA) is 49.8 Å². The minimum atomic E-state index is -0.461. The van der Waals surface area contributed by atoms with Gasteiger partial charge in [0.15, 0.2) is 0 Å². The van der Waals surface area contributed by atoms with Gasteiger partial charge >= 0.3 is 6.09 Å². The zero-order valence-electron chi connectivity index (χ0n) is 13.0. The number of aliphatic hydroxyl groups excluding tert-OH is 1. The number of ether oxygens (including phenoxy) is 1. The highest BCUT2D eigenvalue weighted by atomic mass is 16.6. The molecular formula is C15H29NO3. The van der Waals surface area contributed by atoms with Crippen molar-refractivity contribution in [2.24, 2.45) is 11.8 Å². The number of hydrogen-bond donors (Lipinski definition) is 1. The van der Waals surface area contributed by atoms with Crippen LogP contribution in [0, 0.1) is 11.8 Å². The van der Waals surface area contributed by atoms with Gasteiger partial charge in [-0.25, -0.2) is 4.79 Å². The number of aliphatic hydroxyl groups is 1. The quantitative estimate of drug-likeness (QED) is 0.858. The first-order valence-electron chi connectivity index (χ1n) is 7.44. The van der Waals surface area contributed by atoms with Crippen molar-refractivity contribution in [3.63, 3.8) is 0 Å². The van der Waals surface area contributed by atoms with Gasteiger partial charge in [0.1, 0.15) is 5.60 Å². The first-order valence-corrected chi connectivity index (χ1v) is 7.44. The Morgan fingerprint density at radius 3 is 2.42 bits per heavy atom. The highest BCUT2D eigenvalue weighted by molar-refractivity contribution is 5.68. The number of piperidine rings is 1. The van der Waals surface area contributed by atoms with Gasteiger partial charge in [-0.05, 0) is 33.1 Å². The van der Waals surface area contributed by atoms with Crippen LogP contribution in [-0.2, 0) is 4.74 Å². The molecule has 0 aromatic carbocycles. The van der Waals surface area contributed by atoms with Gasteiger partial charge in [0.05, 0.1) is 6.10 Å². The highest BCUT2D eigenvalue weighted by Gasteiger charge is 2.35.